The van der Waals surface area contributed by atoms with Crippen LogP contribution < -0.4 is 5.73 Å². The Labute approximate surface area is 70.6 Å². The van der Waals surface area contributed by atoms with Crippen LogP contribution in [0.25, 0.3) is 0 Å². The number of nitrogens with zero attached hydrogens (tertiary/aromatic N) is 1. The maximum absolute atomic E-state index is 11.1. The van der Waals surface area contributed by atoms with Crippen molar-refractivity contribution < 1.29 is 4.79 Å². The molecule has 0 aromatic carbocycles. The Kier molecular flexibility index (Phi) is 2.44. The van der Waals surface area contributed by atoms with Gasteiger partial charge in [0.25, 0.3) is 0 Å². The molecule has 0 aliphatic rings. The van der Waals surface area contributed by atoms with Crippen LogP contribution in [-0.2, 0) is 0 Å². The first kappa shape index (κ1) is 8.28. The van der Waals surface area contributed by atoms with Crippen LogP contribution in [-0.4, -0.2) is 10.8 Å². The minimum Gasteiger partial charge on any atom is -0.397 e. The quantitative estimate of drug-likeness (QED) is 0.516. The largest absolute Gasteiger partial charge is 0.397 e. The lowest BCUT2D eigenvalue weighted by molar-refractivity contribution is 0.0993. The first-order valence-electron chi connectivity index (χ1n) is 3.42. The third-order valence-electron chi connectivity index (χ3n) is 1.33. The van der Waals surface area contributed by atoms with E-state index in [1.165, 1.54) is 6.20 Å². The predicted molar refractivity (Wildman–Crippen MR) is 46.4 cm³/mol. The number of terminal acetylenes is 1. The van der Waals surface area contributed by atoms with Gasteiger partial charge in [-0.25, -0.2) is 0 Å². The average Bonchev–Trinajstić information content (AvgIpc) is 2.06. The highest BCUT2D eigenvalue weighted by atomic mass is 16.1. The number of rotatable bonds is 2. The highest BCUT2D eigenvalue weighted by molar-refractivity contribution is 5.95. The Morgan fingerprint density at radius 3 is 2.92 bits per heavy atom. The number of nitrogen functional groups attached to an aromatic ring is 1. The van der Waals surface area contributed by atoms with E-state index in [0.29, 0.717) is 11.4 Å². The molecule has 12 heavy (non-hydrogen) atoms. The van der Waals surface area contributed by atoms with Crippen molar-refractivity contribution in [1.29, 1.82) is 0 Å². The molecular formula is C9H8N2O. The average molecular weight is 160 g/mol. The van der Waals surface area contributed by atoms with Crippen molar-refractivity contribution in [2.75, 3.05) is 5.73 Å². The molecule has 3 heteroatoms. The van der Waals surface area contributed by atoms with Crippen molar-refractivity contribution in [1.82, 2.24) is 4.98 Å². The molecule has 0 spiro atoms. The number of nitrogens with two attached hydrogens (primary N) is 1. The molecule has 0 saturated heterocycles. The number of anilines is 1. The topological polar surface area (TPSA) is 56.0 Å². The van der Waals surface area contributed by atoms with E-state index in [-0.39, 0.29) is 12.2 Å². The Morgan fingerprint density at radius 2 is 2.42 bits per heavy atom. The molecule has 0 unspecified atom stereocenters. The molecule has 2 N–H and O–H groups in total. The van der Waals surface area contributed by atoms with Crippen LogP contribution >= 0.6 is 0 Å². The van der Waals surface area contributed by atoms with E-state index in [0.717, 1.165) is 0 Å². The third kappa shape index (κ3) is 1.83. The summed E-state index contributed by atoms with van der Waals surface area (Å²) < 4.78 is 0. The number of hydrogen-bond donors (Lipinski definition) is 1. The molecule has 1 aromatic heterocycles. The van der Waals surface area contributed by atoms with Crippen LogP contribution in [0.1, 0.15) is 16.9 Å². The summed E-state index contributed by atoms with van der Waals surface area (Å²) in [6.07, 6.45) is 6.49. The lowest BCUT2D eigenvalue weighted by atomic mass is 10.2. The molecule has 0 bridgehead atoms. The number of hydrogen-bond acceptors (Lipinski definition) is 3. The van der Waals surface area contributed by atoms with E-state index < -0.39 is 0 Å². The second-order valence-corrected chi connectivity index (χ2v) is 2.28. The first-order chi connectivity index (χ1) is 5.74. The summed E-state index contributed by atoms with van der Waals surface area (Å²) in [5, 5.41) is 0. The Morgan fingerprint density at radius 1 is 1.67 bits per heavy atom. The number of Topliss-reactive ketones (excluding diaryl/α,β-unsaturated/α-hetero) is 1. The molecule has 0 radical (unpaired) electrons. The maximum atomic E-state index is 11.1. The monoisotopic (exact) mass is 160 g/mol. The van der Waals surface area contributed by atoms with Crippen molar-refractivity contribution in [3.8, 4) is 12.3 Å². The van der Waals surface area contributed by atoms with Gasteiger partial charge in [-0.3, -0.25) is 9.78 Å². The number of carbonyl (C=O) groups is 1. The van der Waals surface area contributed by atoms with Crippen LogP contribution in [0.4, 0.5) is 5.69 Å². The van der Waals surface area contributed by atoms with Gasteiger partial charge in [-0.1, -0.05) is 5.92 Å². The van der Waals surface area contributed by atoms with Gasteiger partial charge in [-0.15, -0.1) is 6.42 Å². The SMILES string of the molecule is C#CCC(=O)c1ccc(N)cn1. The summed E-state index contributed by atoms with van der Waals surface area (Å²) in [4.78, 5) is 14.9. The van der Waals surface area contributed by atoms with Crippen molar-refractivity contribution in [2.45, 2.75) is 6.42 Å². The van der Waals surface area contributed by atoms with Gasteiger partial charge in [0, 0.05) is 0 Å². The van der Waals surface area contributed by atoms with Crippen molar-refractivity contribution in [3.63, 3.8) is 0 Å². The predicted octanol–water partition coefficient (Wildman–Crippen LogP) is 0.870. The fraction of sp³-hybridized carbons (Fsp3) is 0.111. The number of carbonyl (C=O) groups excluding carboxylic acids is 1. The minimum absolute atomic E-state index is 0.0803. The molecule has 1 aromatic rings. The summed E-state index contributed by atoms with van der Waals surface area (Å²) in [5.74, 6) is 2.10. The fourth-order valence-electron chi connectivity index (χ4n) is 0.754. The fourth-order valence-corrected chi connectivity index (χ4v) is 0.754. The van der Waals surface area contributed by atoms with E-state index in [2.05, 4.69) is 10.9 Å². The Balaban J connectivity index is 2.84. The summed E-state index contributed by atoms with van der Waals surface area (Å²) in [6, 6.07) is 3.19. The molecule has 0 fully saturated rings. The molecule has 3 nitrogen and oxygen atoms in total. The molecule has 1 rings (SSSR count). The van der Waals surface area contributed by atoms with Crippen LogP contribution in [0, 0.1) is 12.3 Å². The Bertz CT molecular complexity index is 321. The van der Waals surface area contributed by atoms with Gasteiger partial charge in [-0.2, -0.15) is 0 Å². The number of ketones is 1. The minimum atomic E-state index is -0.155. The van der Waals surface area contributed by atoms with E-state index in [1.54, 1.807) is 12.1 Å². The van der Waals surface area contributed by atoms with E-state index in [4.69, 9.17) is 12.2 Å². The highest BCUT2D eigenvalue weighted by Gasteiger charge is 2.03. The number of pyridine rings is 1. The smallest absolute Gasteiger partial charge is 0.193 e. The second kappa shape index (κ2) is 3.54. The van der Waals surface area contributed by atoms with Crippen molar-refractivity contribution in [3.05, 3.63) is 24.0 Å². The summed E-state index contributed by atoms with van der Waals surface area (Å²) in [7, 11) is 0. The van der Waals surface area contributed by atoms with Gasteiger partial charge in [0.15, 0.2) is 5.78 Å². The summed E-state index contributed by atoms with van der Waals surface area (Å²) >= 11 is 0. The van der Waals surface area contributed by atoms with Gasteiger partial charge in [0.05, 0.1) is 18.3 Å². The lowest BCUT2D eigenvalue weighted by Gasteiger charge is -1.95. The van der Waals surface area contributed by atoms with E-state index in [9.17, 15) is 4.79 Å². The van der Waals surface area contributed by atoms with Crippen molar-refractivity contribution >= 4 is 11.5 Å². The second-order valence-electron chi connectivity index (χ2n) is 2.28. The van der Waals surface area contributed by atoms with Gasteiger partial charge < -0.3 is 5.73 Å². The van der Waals surface area contributed by atoms with Crippen LogP contribution in [0.5, 0.6) is 0 Å². The summed E-state index contributed by atoms with van der Waals surface area (Å²) in [5.41, 5.74) is 6.28. The van der Waals surface area contributed by atoms with Gasteiger partial charge >= 0.3 is 0 Å². The Hall–Kier alpha value is -1.82. The normalized spacial score (nSPS) is 8.92. The number of aromatic nitrogens is 1. The molecule has 60 valence electrons. The molecule has 1 heterocycles. The summed E-state index contributed by atoms with van der Waals surface area (Å²) in [6.45, 7) is 0. The lowest BCUT2D eigenvalue weighted by Crippen LogP contribution is -2.00. The molecule has 0 aliphatic carbocycles. The van der Waals surface area contributed by atoms with E-state index in [1.807, 2.05) is 0 Å². The zero-order valence-electron chi connectivity index (χ0n) is 6.45. The molecule has 0 saturated carbocycles. The van der Waals surface area contributed by atoms with Crippen LogP contribution in [0.15, 0.2) is 18.3 Å². The zero-order valence-corrected chi connectivity index (χ0v) is 6.45. The zero-order chi connectivity index (χ0) is 8.97. The van der Waals surface area contributed by atoms with Gasteiger partial charge in [0.2, 0.25) is 0 Å². The highest BCUT2D eigenvalue weighted by Crippen LogP contribution is 2.03. The third-order valence-corrected chi connectivity index (χ3v) is 1.33. The molecular weight excluding hydrogens is 152 g/mol. The maximum Gasteiger partial charge on any atom is 0.193 e. The molecule has 0 atom stereocenters. The van der Waals surface area contributed by atoms with Gasteiger partial charge in [0.1, 0.15) is 5.69 Å². The standard InChI is InChI=1S/C9H8N2O/c1-2-3-9(12)8-5-4-7(10)6-11-8/h1,4-6H,3,10H2. The van der Waals surface area contributed by atoms with E-state index >= 15 is 0 Å². The van der Waals surface area contributed by atoms with Crippen LogP contribution in [0.3, 0.4) is 0 Å². The van der Waals surface area contributed by atoms with Crippen molar-refractivity contribution in [2.24, 2.45) is 0 Å². The van der Waals surface area contributed by atoms with Crippen LogP contribution in [0.2, 0.25) is 0 Å². The first-order valence-corrected chi connectivity index (χ1v) is 3.42. The molecule has 0 aliphatic heterocycles. The van der Waals surface area contributed by atoms with Gasteiger partial charge in [-0.05, 0) is 12.1 Å². The molecule has 0 amide bonds.